The number of benzene rings is 5. The number of rotatable bonds is 27. The maximum absolute atomic E-state index is 12.9. The van der Waals surface area contributed by atoms with Crippen LogP contribution in [0.15, 0.2) is 106 Å². The minimum atomic E-state index is -0.273. The molecule has 5 aromatic rings. The monoisotopic (exact) mass is 1880 g/mol. The van der Waals surface area contributed by atoms with Crippen molar-refractivity contribution in [3.8, 4) is 0 Å². The number of piperidine rings is 7. The summed E-state index contributed by atoms with van der Waals surface area (Å²) < 4.78 is 0. The molecule has 125 heavy (non-hydrogen) atoms. The largest absolute Gasteiger partial charge is 0.409 e. The third-order valence-corrected chi connectivity index (χ3v) is 27.5. The molecule has 4 N–H and O–H groups in total. The predicted octanol–water partition coefficient (Wildman–Crippen LogP) is 19.1. The minimum absolute atomic E-state index is 0.0638. The normalized spacial score (nSPS) is 19.1. The van der Waals surface area contributed by atoms with Crippen molar-refractivity contribution in [2.45, 2.75) is 219 Å². The second-order valence-corrected chi connectivity index (χ2v) is 37.6. The lowest BCUT2D eigenvalue weighted by atomic mass is 9.90. The van der Waals surface area contributed by atoms with Gasteiger partial charge < -0.3 is 69.8 Å². The Morgan fingerprint density at radius 2 is 0.960 bits per heavy atom. The van der Waals surface area contributed by atoms with Crippen LogP contribution in [0.5, 0.6) is 0 Å². The van der Waals surface area contributed by atoms with E-state index in [0.717, 1.165) is 197 Å². The van der Waals surface area contributed by atoms with Crippen molar-refractivity contribution < 1.29 is 48.8 Å². The highest BCUT2D eigenvalue weighted by Gasteiger charge is 2.38. The van der Waals surface area contributed by atoms with Crippen molar-refractivity contribution in [3.63, 3.8) is 0 Å². The van der Waals surface area contributed by atoms with Crippen molar-refractivity contribution in [2.75, 3.05) is 133 Å². The SMILES string of the molecule is C/C(CN(C)C(=O)c1cc(C)cc(Cl)c1)=N\OC/C(N)=N\O.CC(CCN1CCC(N2CCCCC2=O)CC1)c1ccc(Cl)c(Cl)c1.CC(CCN1CCC(N2CCCCC2=O)CC1)c1ccc(Cl)c(Cl)c1.CCC(/C(CN(C)C(=O)c1cc(C)cc(Cl)c1)=N\OC)c1ccc(Cl)c(Cl)c1.CCN1CCC(N2CCCC(CC(=O)N3CCC(O)CC3)C2=O)CC1. The van der Waals surface area contributed by atoms with Gasteiger partial charge in [-0.3, -0.25) is 28.8 Å². The zero-order valence-electron chi connectivity index (χ0n) is 74.6. The number of aliphatic hydroxyl groups is 1. The molecule has 12 rings (SSSR count). The van der Waals surface area contributed by atoms with E-state index < -0.39 is 0 Å². The fourth-order valence-electron chi connectivity index (χ4n) is 17.5. The van der Waals surface area contributed by atoms with Gasteiger partial charge in [-0.25, -0.2) is 0 Å². The Morgan fingerprint density at radius 1 is 0.528 bits per heavy atom. The number of aryl methyl sites for hydroxylation is 2. The van der Waals surface area contributed by atoms with Crippen LogP contribution < -0.4 is 5.73 Å². The quantitative estimate of drug-likeness (QED) is 0.0191. The lowest BCUT2D eigenvalue weighted by molar-refractivity contribution is -0.147. The van der Waals surface area contributed by atoms with Crippen molar-refractivity contribution in [2.24, 2.45) is 27.1 Å². The van der Waals surface area contributed by atoms with E-state index in [1.54, 1.807) is 56.3 Å². The van der Waals surface area contributed by atoms with Gasteiger partial charge in [0, 0.05) is 156 Å². The van der Waals surface area contributed by atoms with E-state index in [1.165, 1.54) is 36.0 Å². The molecule has 7 saturated heterocycles. The highest BCUT2D eigenvalue weighted by atomic mass is 35.5. The number of carbonyl (C=O) groups is 6. The summed E-state index contributed by atoms with van der Waals surface area (Å²) in [6, 6.07) is 29.2. The van der Waals surface area contributed by atoms with Gasteiger partial charge in [0.15, 0.2) is 12.4 Å². The Morgan fingerprint density at radius 3 is 1.38 bits per heavy atom. The molecule has 0 aliphatic carbocycles. The van der Waals surface area contributed by atoms with Crippen molar-refractivity contribution >= 4 is 146 Å². The molecule has 0 saturated carbocycles. The van der Waals surface area contributed by atoms with Crippen LogP contribution >= 0.6 is 92.8 Å². The lowest BCUT2D eigenvalue weighted by Crippen LogP contribution is -2.52. The van der Waals surface area contributed by atoms with Gasteiger partial charge in [0.25, 0.3) is 11.8 Å². The first kappa shape index (κ1) is 104. The minimum Gasteiger partial charge on any atom is -0.409 e. The Hall–Kier alpha value is -6.71. The van der Waals surface area contributed by atoms with E-state index in [2.05, 4.69) is 77.8 Å². The molecule has 23 nitrogen and oxygen atoms in total. The van der Waals surface area contributed by atoms with E-state index in [9.17, 15) is 33.9 Å². The molecule has 5 aromatic carbocycles. The van der Waals surface area contributed by atoms with Crippen LogP contribution in [0, 0.1) is 19.8 Å². The molecule has 0 spiro atoms. The summed E-state index contributed by atoms with van der Waals surface area (Å²) in [5, 5.41) is 33.2. The van der Waals surface area contributed by atoms with Crippen LogP contribution in [0.25, 0.3) is 0 Å². The molecule has 0 bridgehead atoms. The number of nitrogens with zero attached hydrogens (tertiary/aromatic N) is 12. The second kappa shape index (κ2) is 52.8. The summed E-state index contributed by atoms with van der Waals surface area (Å²) >= 11 is 48.6. The molecule has 7 aliphatic heterocycles. The molecule has 4 unspecified atom stereocenters. The average molecular weight is 1890 g/mol. The molecule has 0 aromatic heterocycles. The van der Waals surface area contributed by atoms with Crippen molar-refractivity contribution in [1.29, 1.82) is 0 Å². The number of likely N-dealkylation sites (tertiary alicyclic amines) is 7. The molecule has 7 fully saturated rings. The lowest BCUT2D eigenvalue weighted by Gasteiger charge is -2.42. The maximum Gasteiger partial charge on any atom is 0.253 e. The topological polar surface area (TPSA) is 254 Å². The zero-order valence-corrected chi connectivity index (χ0v) is 80.6. The average Bonchev–Trinajstić information content (AvgIpc) is 0.822. The van der Waals surface area contributed by atoms with Gasteiger partial charge in [0.1, 0.15) is 7.11 Å². The van der Waals surface area contributed by atoms with Gasteiger partial charge in [0.2, 0.25) is 23.6 Å². The van der Waals surface area contributed by atoms with E-state index in [4.69, 9.17) is 113 Å². The van der Waals surface area contributed by atoms with Gasteiger partial charge in [-0.1, -0.05) is 154 Å². The Kier molecular flexibility index (Phi) is 43.8. The summed E-state index contributed by atoms with van der Waals surface area (Å²) in [4.78, 5) is 104. The van der Waals surface area contributed by atoms with Crippen LogP contribution in [0.1, 0.15) is 229 Å². The molecule has 4 atom stereocenters. The van der Waals surface area contributed by atoms with Gasteiger partial charge in [-0.05, 0) is 262 Å². The van der Waals surface area contributed by atoms with E-state index >= 15 is 0 Å². The third-order valence-electron chi connectivity index (χ3n) is 24.8. The number of nitrogens with two attached hydrogens (primary N) is 1. The molecule has 31 heteroatoms. The first-order valence-corrected chi connectivity index (χ1v) is 47.4. The van der Waals surface area contributed by atoms with Crippen LogP contribution in [0.4, 0.5) is 0 Å². The van der Waals surface area contributed by atoms with Crippen molar-refractivity contribution in [3.05, 3.63) is 170 Å². The molecule has 688 valence electrons. The van der Waals surface area contributed by atoms with Gasteiger partial charge in [-0.2, -0.15) is 0 Å². The van der Waals surface area contributed by atoms with Gasteiger partial charge in [-0.15, -0.1) is 0 Å². The Labute approximate surface area is 781 Å². The number of hydrogen-bond acceptors (Lipinski definition) is 16. The van der Waals surface area contributed by atoms with Crippen LogP contribution in [0.2, 0.25) is 40.2 Å². The summed E-state index contributed by atoms with van der Waals surface area (Å²) in [6.45, 7) is 28.5. The van der Waals surface area contributed by atoms with E-state index in [1.807, 2.05) is 74.2 Å². The first-order chi connectivity index (χ1) is 59.8. The summed E-state index contributed by atoms with van der Waals surface area (Å²) in [5.41, 5.74) is 12.9. The second-order valence-electron chi connectivity index (χ2n) is 34.3. The summed E-state index contributed by atoms with van der Waals surface area (Å²) in [6.07, 6.45) is 18.8. The smallest absolute Gasteiger partial charge is 0.253 e. The molecule has 6 amide bonds. The molecule has 7 heterocycles. The highest BCUT2D eigenvalue weighted by Crippen LogP contribution is 2.35. The standard InChI is InChI=1S/C21H23Cl3N2O2.2C20H28Cl2N2O.C19H33N3O3.C14H19ClN4O3/c1-5-17(14-6-7-18(23)19(24)11-14)20(25-28-4)12-26(3)21(27)15-8-13(2)9-16(22)10-15;2*1-15(16-5-6-18(21)19(22)14-16)7-11-23-12-8-17(9-13-23)24-10-3-2-4-20(24)25;1-2-20-10-5-16(6-11-20)22-9-3-4-15(19(22)25)14-18(24)21-12-7-17(23)8-13-21;1-9-4-11(6-12(15)5-9)14(20)19(3)7-10(2)18-22-8-13(16)17-21/h6-11,17H,5,12H2,1-4H3;2*5-6,14-15,17H,2-4,7-13H2,1H3;15-17,23H,2-14H2,1H3;4-6,21H,7-8H2,1-3H3,(H2,16,17)/b25-20-;;;;18-10+. The predicted molar refractivity (Wildman–Crippen MR) is 508 cm³/mol. The van der Waals surface area contributed by atoms with Crippen LogP contribution in [-0.4, -0.2) is 264 Å². The van der Waals surface area contributed by atoms with Gasteiger partial charge >= 0.3 is 0 Å². The van der Waals surface area contributed by atoms with Crippen LogP contribution in [-0.2, 0) is 28.9 Å². The number of halogens is 8. The van der Waals surface area contributed by atoms with Crippen LogP contribution in [0.3, 0.4) is 0 Å². The maximum atomic E-state index is 12.9. The van der Waals surface area contributed by atoms with Gasteiger partial charge in [0.05, 0.1) is 60.8 Å². The molecular formula is C94H131Cl8N13O10. The fraction of sp³-hybridized carbons (Fsp3) is 0.585. The number of amides is 6. The highest BCUT2D eigenvalue weighted by molar-refractivity contribution is 6.43. The Bertz CT molecular complexity index is 4270. The molecule has 0 radical (unpaired) electrons. The van der Waals surface area contributed by atoms with E-state index in [-0.39, 0.29) is 60.6 Å². The van der Waals surface area contributed by atoms with E-state index in [0.29, 0.717) is 138 Å². The number of amidine groups is 1. The number of aliphatic hydroxyl groups excluding tert-OH is 1. The third kappa shape index (κ3) is 33.0. The summed E-state index contributed by atoms with van der Waals surface area (Å²) in [5.74, 6) is 1.37. The van der Waals surface area contributed by atoms with Crippen molar-refractivity contribution in [1.82, 2.24) is 44.1 Å². The molecular weight excluding hydrogens is 1750 g/mol. The first-order valence-electron chi connectivity index (χ1n) is 44.4. The zero-order chi connectivity index (χ0) is 91.0. The number of carbonyl (C=O) groups excluding carboxylic acids is 6. The fourth-order valence-corrected chi connectivity index (χ4v) is 19.0. The molecule has 7 aliphatic rings. The number of oxime groups is 3. The number of hydrogen-bond donors (Lipinski definition) is 3. The Balaban J connectivity index is 0.000000194. The summed E-state index contributed by atoms with van der Waals surface area (Å²) in [7, 11) is 4.87.